The van der Waals surface area contributed by atoms with Crippen molar-refractivity contribution >= 4 is 40.9 Å². The number of nitrogens with zero attached hydrogens (tertiary/aromatic N) is 2. The van der Waals surface area contributed by atoms with Gasteiger partial charge < -0.3 is 15.4 Å². The van der Waals surface area contributed by atoms with E-state index in [2.05, 4.69) is 15.6 Å². The van der Waals surface area contributed by atoms with Gasteiger partial charge in [0, 0.05) is 11.7 Å². The summed E-state index contributed by atoms with van der Waals surface area (Å²) in [4.78, 5) is 32.3. The molecule has 1 heterocycles. The minimum absolute atomic E-state index is 0.00559. The van der Waals surface area contributed by atoms with Crippen LogP contribution >= 0.6 is 11.6 Å². The maximum Gasteiger partial charge on any atom is 0.437 e. The second-order valence-electron chi connectivity index (χ2n) is 10.8. The van der Waals surface area contributed by atoms with Crippen LogP contribution in [0.4, 0.5) is 16.2 Å². The quantitative estimate of drug-likeness (QED) is 0.475. The number of anilines is 2. The third-order valence-electron chi connectivity index (χ3n) is 6.57. The molecule has 0 bridgehead atoms. The molecular weight excluding hydrogens is 476 g/mol. The highest BCUT2D eigenvalue weighted by atomic mass is 35.5. The molecule has 1 saturated carbocycles. The van der Waals surface area contributed by atoms with Crippen LogP contribution < -0.4 is 10.6 Å². The standard InChI is InChI=1S/C28H35ClN4O3/c1-27(2,3)36-26(35)31-25-32-28(4,18-23(34)33(25)20-14-9-6-10-15-20)21-16-11-17-22(24(21)29)30-19-12-7-5-8-13-19/h5,7-8,11-13,16-17,20,30H,6,9-10,14-15,18H2,1-4H3,(H,31,32,35)/t28-/m0/s1. The number of para-hydroxylation sites is 1. The van der Waals surface area contributed by atoms with Crippen LogP contribution in [0.25, 0.3) is 0 Å². The first-order chi connectivity index (χ1) is 17.1. The van der Waals surface area contributed by atoms with E-state index in [1.165, 1.54) is 0 Å². The maximum absolute atomic E-state index is 13.6. The lowest BCUT2D eigenvalue weighted by Crippen LogP contribution is -2.62. The lowest BCUT2D eigenvalue weighted by Gasteiger charge is -2.45. The van der Waals surface area contributed by atoms with Crippen LogP contribution in [0.2, 0.25) is 5.02 Å². The summed E-state index contributed by atoms with van der Waals surface area (Å²) in [5.41, 5.74) is 0.827. The third-order valence-corrected chi connectivity index (χ3v) is 6.97. The van der Waals surface area contributed by atoms with Crippen molar-refractivity contribution in [3.63, 3.8) is 0 Å². The Labute approximate surface area is 218 Å². The minimum Gasteiger partial charge on any atom is -0.442 e. The van der Waals surface area contributed by atoms with Crippen LogP contribution in [0.3, 0.4) is 0 Å². The number of hydrogen-bond donors (Lipinski definition) is 2. The van der Waals surface area contributed by atoms with Crippen LogP contribution in [0, 0.1) is 0 Å². The van der Waals surface area contributed by atoms with E-state index in [4.69, 9.17) is 16.3 Å². The largest absolute Gasteiger partial charge is 0.442 e. The van der Waals surface area contributed by atoms with E-state index in [-0.39, 0.29) is 24.3 Å². The molecule has 1 aliphatic heterocycles. The van der Waals surface area contributed by atoms with Crippen molar-refractivity contribution in [3.05, 3.63) is 59.1 Å². The van der Waals surface area contributed by atoms with E-state index in [1.807, 2.05) is 55.5 Å². The van der Waals surface area contributed by atoms with Gasteiger partial charge in [-0.3, -0.25) is 9.69 Å². The summed E-state index contributed by atoms with van der Waals surface area (Å²) in [6, 6.07) is 15.5. The Morgan fingerprint density at radius 2 is 1.81 bits per heavy atom. The number of rotatable bonds is 4. The molecule has 8 heteroatoms. The van der Waals surface area contributed by atoms with Crippen molar-refractivity contribution in [2.45, 2.75) is 83.4 Å². The molecule has 2 aromatic carbocycles. The van der Waals surface area contributed by atoms with Crippen molar-refractivity contribution in [1.29, 1.82) is 0 Å². The lowest BCUT2D eigenvalue weighted by atomic mass is 9.84. The highest BCUT2D eigenvalue weighted by molar-refractivity contribution is 6.34. The summed E-state index contributed by atoms with van der Waals surface area (Å²) in [7, 11) is 0. The smallest absolute Gasteiger partial charge is 0.437 e. The Bertz CT molecular complexity index is 1140. The number of guanidine groups is 1. The average Bonchev–Trinajstić information content (AvgIpc) is 2.80. The molecule has 0 aromatic heterocycles. The number of halogens is 1. The predicted octanol–water partition coefficient (Wildman–Crippen LogP) is 6.74. The Morgan fingerprint density at radius 3 is 2.47 bits per heavy atom. The van der Waals surface area contributed by atoms with Crippen LogP contribution in [0.5, 0.6) is 0 Å². The molecule has 4 rings (SSSR count). The molecule has 1 aliphatic carbocycles. The van der Waals surface area contributed by atoms with Gasteiger partial charge >= 0.3 is 6.09 Å². The van der Waals surface area contributed by atoms with Gasteiger partial charge in [-0.25, -0.2) is 4.79 Å². The van der Waals surface area contributed by atoms with Crippen molar-refractivity contribution < 1.29 is 14.3 Å². The SMILES string of the molecule is CC(C)(C)OC(=O)N=C1N[C@](C)(c2cccc(Nc3ccccc3)c2Cl)CC(=O)N1C1CCCCC1. The molecule has 2 N–H and O–H groups in total. The zero-order chi connectivity index (χ0) is 25.9. The molecule has 2 aliphatic rings. The third kappa shape index (κ3) is 6.01. The van der Waals surface area contributed by atoms with Gasteiger partial charge in [0.15, 0.2) is 0 Å². The molecule has 0 radical (unpaired) electrons. The van der Waals surface area contributed by atoms with E-state index < -0.39 is 17.2 Å². The first-order valence-corrected chi connectivity index (χ1v) is 13.0. The van der Waals surface area contributed by atoms with Crippen LogP contribution in [0.15, 0.2) is 53.5 Å². The van der Waals surface area contributed by atoms with Crippen molar-refractivity contribution in [1.82, 2.24) is 10.2 Å². The number of ether oxygens (including phenoxy) is 1. The number of carbonyl (C=O) groups is 2. The van der Waals surface area contributed by atoms with Crippen molar-refractivity contribution in [2.75, 3.05) is 5.32 Å². The second-order valence-corrected chi connectivity index (χ2v) is 11.1. The fourth-order valence-corrected chi connectivity index (χ4v) is 5.30. The zero-order valence-corrected chi connectivity index (χ0v) is 22.2. The summed E-state index contributed by atoms with van der Waals surface area (Å²) >= 11 is 6.90. The van der Waals surface area contributed by atoms with Crippen LogP contribution in [-0.4, -0.2) is 34.5 Å². The normalized spacial score (nSPS) is 22.3. The molecular formula is C28H35ClN4O3. The molecule has 0 spiro atoms. The van der Waals surface area contributed by atoms with E-state index in [0.717, 1.165) is 49.0 Å². The summed E-state index contributed by atoms with van der Waals surface area (Å²) in [5.74, 6) is 0.148. The summed E-state index contributed by atoms with van der Waals surface area (Å²) in [6.07, 6.45) is 4.47. The first kappa shape index (κ1) is 26.0. The summed E-state index contributed by atoms with van der Waals surface area (Å²) < 4.78 is 5.45. The first-order valence-electron chi connectivity index (χ1n) is 12.6. The van der Waals surface area contributed by atoms with Gasteiger partial charge in [0.2, 0.25) is 11.9 Å². The fourth-order valence-electron chi connectivity index (χ4n) is 4.92. The Morgan fingerprint density at radius 1 is 1.11 bits per heavy atom. The minimum atomic E-state index is -0.867. The molecule has 2 fully saturated rings. The van der Waals surface area contributed by atoms with Crippen molar-refractivity contribution in [2.24, 2.45) is 4.99 Å². The summed E-state index contributed by atoms with van der Waals surface area (Å²) in [6.45, 7) is 7.29. The predicted molar refractivity (Wildman–Crippen MR) is 144 cm³/mol. The monoisotopic (exact) mass is 510 g/mol. The van der Waals surface area contributed by atoms with Gasteiger partial charge in [0.05, 0.1) is 22.7 Å². The number of carbonyl (C=O) groups excluding carboxylic acids is 2. The number of benzene rings is 2. The van der Waals surface area contributed by atoms with Gasteiger partial charge in [-0.1, -0.05) is 61.2 Å². The molecule has 2 amide bonds. The van der Waals surface area contributed by atoms with Gasteiger partial charge in [-0.05, 0) is 64.3 Å². The molecule has 192 valence electrons. The van der Waals surface area contributed by atoms with Crippen molar-refractivity contribution in [3.8, 4) is 0 Å². The molecule has 1 saturated heterocycles. The lowest BCUT2D eigenvalue weighted by molar-refractivity contribution is -0.132. The van der Waals surface area contributed by atoms with E-state index in [9.17, 15) is 9.59 Å². The number of amides is 2. The molecule has 0 unspecified atom stereocenters. The van der Waals surface area contributed by atoms with Gasteiger partial charge in [-0.2, -0.15) is 0 Å². The molecule has 7 nitrogen and oxygen atoms in total. The van der Waals surface area contributed by atoms with Gasteiger partial charge in [-0.15, -0.1) is 4.99 Å². The zero-order valence-electron chi connectivity index (χ0n) is 21.4. The highest BCUT2D eigenvalue weighted by Crippen LogP contribution is 2.39. The van der Waals surface area contributed by atoms with Gasteiger partial charge in [0.25, 0.3) is 0 Å². The number of aliphatic imine (C=N–C) groups is 1. The fraction of sp³-hybridized carbons (Fsp3) is 0.464. The topological polar surface area (TPSA) is 83.0 Å². The van der Waals surface area contributed by atoms with E-state index >= 15 is 0 Å². The second kappa shape index (κ2) is 10.5. The maximum atomic E-state index is 13.6. The summed E-state index contributed by atoms with van der Waals surface area (Å²) in [5, 5.41) is 7.27. The molecule has 36 heavy (non-hydrogen) atoms. The average molecular weight is 511 g/mol. The Hall–Kier alpha value is -3.06. The molecule has 1 atom stereocenters. The molecule has 2 aromatic rings. The van der Waals surface area contributed by atoms with Crippen LogP contribution in [0.1, 0.15) is 71.8 Å². The number of nitrogens with one attached hydrogen (secondary N) is 2. The van der Waals surface area contributed by atoms with E-state index in [1.54, 1.807) is 25.7 Å². The van der Waals surface area contributed by atoms with Gasteiger partial charge in [0.1, 0.15) is 5.60 Å². The Kier molecular flexibility index (Phi) is 7.59. The highest BCUT2D eigenvalue weighted by Gasteiger charge is 2.44. The van der Waals surface area contributed by atoms with Crippen LogP contribution in [-0.2, 0) is 15.1 Å². The van der Waals surface area contributed by atoms with E-state index in [0.29, 0.717) is 5.02 Å². The number of hydrogen-bond acceptors (Lipinski definition) is 4. The Balaban J connectivity index is 1.69.